The third-order valence-electron chi connectivity index (χ3n) is 2.41. The predicted octanol–water partition coefficient (Wildman–Crippen LogP) is 3.79. The Labute approximate surface area is 124 Å². The van der Waals surface area contributed by atoms with E-state index in [0.29, 0.717) is 17.1 Å². The van der Waals surface area contributed by atoms with Crippen molar-refractivity contribution in [3.05, 3.63) is 51.6 Å². The lowest BCUT2D eigenvalue weighted by atomic mass is 10.2. The molecule has 0 saturated heterocycles. The highest BCUT2D eigenvalue weighted by Crippen LogP contribution is 2.17. The molecule has 0 radical (unpaired) electrons. The minimum Gasteiger partial charge on any atom is -0.373 e. The summed E-state index contributed by atoms with van der Waals surface area (Å²) >= 11 is 9.20. The molecule has 1 aromatic carbocycles. The molecule has 0 spiro atoms. The van der Waals surface area contributed by atoms with E-state index in [9.17, 15) is 4.79 Å². The molecule has 6 heteroatoms. The van der Waals surface area contributed by atoms with Gasteiger partial charge in [-0.1, -0.05) is 27.5 Å². The first-order chi connectivity index (χ1) is 9.08. The highest BCUT2D eigenvalue weighted by molar-refractivity contribution is 9.10. The third kappa shape index (κ3) is 3.68. The topological polar surface area (TPSA) is 54.0 Å². The number of carbonyl (C=O) groups excluding carboxylic acids is 1. The van der Waals surface area contributed by atoms with Gasteiger partial charge in [0.1, 0.15) is 11.0 Å². The van der Waals surface area contributed by atoms with Crippen molar-refractivity contribution in [1.82, 2.24) is 4.98 Å². The molecule has 0 atom stereocenters. The van der Waals surface area contributed by atoms with Gasteiger partial charge in [0.2, 0.25) is 0 Å². The lowest BCUT2D eigenvalue weighted by molar-refractivity contribution is 0.102. The van der Waals surface area contributed by atoms with Crippen LogP contribution in [0, 0.1) is 0 Å². The number of aromatic nitrogens is 1. The van der Waals surface area contributed by atoms with E-state index in [4.69, 9.17) is 11.6 Å². The Kier molecular flexibility index (Phi) is 4.39. The van der Waals surface area contributed by atoms with Crippen LogP contribution in [-0.4, -0.2) is 17.9 Å². The number of nitrogens with one attached hydrogen (secondary N) is 2. The fourth-order valence-electron chi connectivity index (χ4n) is 1.49. The van der Waals surface area contributed by atoms with Gasteiger partial charge in [-0.15, -0.1) is 0 Å². The number of benzene rings is 1. The second-order valence-corrected chi connectivity index (χ2v) is 5.08. The van der Waals surface area contributed by atoms with Crippen LogP contribution in [0.4, 0.5) is 11.5 Å². The van der Waals surface area contributed by atoms with Crippen LogP contribution in [0.25, 0.3) is 0 Å². The summed E-state index contributed by atoms with van der Waals surface area (Å²) in [7, 11) is 1.72. The minimum absolute atomic E-state index is 0.233. The number of carbonyl (C=O) groups is 1. The normalized spacial score (nSPS) is 10.1. The number of hydrogen-bond acceptors (Lipinski definition) is 3. The van der Waals surface area contributed by atoms with E-state index in [1.165, 1.54) is 6.07 Å². The molecule has 98 valence electrons. The standard InChI is InChI=1S/C13H11BrClN3O/c1-16-12-7-8(6-11(15)18-12)13(19)17-10-4-2-9(14)3-5-10/h2-7H,1H3,(H,16,18)(H,17,19). The molecule has 0 fully saturated rings. The highest BCUT2D eigenvalue weighted by Gasteiger charge is 2.09. The zero-order chi connectivity index (χ0) is 13.8. The first-order valence-corrected chi connectivity index (χ1v) is 6.68. The molecule has 0 unspecified atom stereocenters. The molecule has 1 amide bonds. The summed E-state index contributed by atoms with van der Waals surface area (Å²) in [6.45, 7) is 0. The average Bonchev–Trinajstić information content (AvgIpc) is 2.40. The Hall–Kier alpha value is -1.59. The van der Waals surface area contributed by atoms with E-state index in [0.717, 1.165) is 4.47 Å². The molecule has 1 heterocycles. The molecular weight excluding hydrogens is 330 g/mol. The Bertz CT molecular complexity index is 601. The molecule has 2 rings (SSSR count). The minimum atomic E-state index is -0.233. The largest absolute Gasteiger partial charge is 0.373 e. The Morgan fingerprint density at radius 2 is 1.95 bits per heavy atom. The monoisotopic (exact) mass is 339 g/mol. The van der Waals surface area contributed by atoms with Crippen LogP contribution in [0.5, 0.6) is 0 Å². The van der Waals surface area contributed by atoms with Gasteiger partial charge in [0.05, 0.1) is 0 Å². The van der Waals surface area contributed by atoms with Crippen LogP contribution in [0.15, 0.2) is 40.9 Å². The second kappa shape index (κ2) is 6.04. The molecule has 0 aliphatic heterocycles. The number of anilines is 2. The fraction of sp³-hybridized carbons (Fsp3) is 0.0769. The molecule has 0 bridgehead atoms. The zero-order valence-corrected chi connectivity index (χ0v) is 12.4. The zero-order valence-electron chi connectivity index (χ0n) is 10.1. The second-order valence-electron chi connectivity index (χ2n) is 3.77. The van der Waals surface area contributed by atoms with Gasteiger partial charge in [-0.05, 0) is 36.4 Å². The van der Waals surface area contributed by atoms with Gasteiger partial charge < -0.3 is 10.6 Å². The lowest BCUT2D eigenvalue weighted by Crippen LogP contribution is -2.12. The maximum absolute atomic E-state index is 12.1. The Morgan fingerprint density at radius 1 is 1.26 bits per heavy atom. The number of nitrogens with zero attached hydrogens (tertiary/aromatic N) is 1. The third-order valence-corrected chi connectivity index (χ3v) is 3.14. The molecule has 19 heavy (non-hydrogen) atoms. The summed E-state index contributed by atoms with van der Waals surface area (Å²) in [4.78, 5) is 16.1. The van der Waals surface area contributed by atoms with Gasteiger partial charge in [0.15, 0.2) is 0 Å². The molecular formula is C13H11BrClN3O. The maximum atomic E-state index is 12.1. The van der Waals surface area contributed by atoms with E-state index < -0.39 is 0 Å². The highest BCUT2D eigenvalue weighted by atomic mass is 79.9. The number of amides is 1. The van der Waals surface area contributed by atoms with E-state index in [-0.39, 0.29) is 11.1 Å². The SMILES string of the molecule is CNc1cc(C(=O)Nc2ccc(Br)cc2)cc(Cl)n1. The summed E-state index contributed by atoms with van der Waals surface area (Å²) in [6.07, 6.45) is 0. The first kappa shape index (κ1) is 13.8. The van der Waals surface area contributed by atoms with Crippen molar-refractivity contribution in [2.45, 2.75) is 0 Å². The van der Waals surface area contributed by atoms with Gasteiger partial charge in [-0.3, -0.25) is 4.79 Å². The predicted molar refractivity (Wildman–Crippen MR) is 80.9 cm³/mol. The van der Waals surface area contributed by atoms with Gasteiger partial charge >= 0.3 is 0 Å². The van der Waals surface area contributed by atoms with E-state index in [2.05, 4.69) is 31.5 Å². The smallest absolute Gasteiger partial charge is 0.255 e. The maximum Gasteiger partial charge on any atom is 0.255 e. The van der Waals surface area contributed by atoms with Crippen LogP contribution in [0.1, 0.15) is 10.4 Å². The molecule has 0 aliphatic rings. The van der Waals surface area contributed by atoms with Gasteiger partial charge in [-0.25, -0.2) is 4.98 Å². The van der Waals surface area contributed by atoms with Crippen molar-refractivity contribution in [1.29, 1.82) is 0 Å². The van der Waals surface area contributed by atoms with Crippen molar-refractivity contribution in [3.8, 4) is 0 Å². The average molecular weight is 341 g/mol. The van der Waals surface area contributed by atoms with Crippen molar-refractivity contribution >= 4 is 44.9 Å². The number of pyridine rings is 1. The van der Waals surface area contributed by atoms with E-state index in [1.54, 1.807) is 13.1 Å². The van der Waals surface area contributed by atoms with E-state index in [1.807, 2.05) is 24.3 Å². The number of hydrogen-bond donors (Lipinski definition) is 2. The molecule has 4 nitrogen and oxygen atoms in total. The summed E-state index contributed by atoms with van der Waals surface area (Å²) in [5.41, 5.74) is 1.17. The Balaban J connectivity index is 2.20. The fourth-order valence-corrected chi connectivity index (χ4v) is 1.97. The van der Waals surface area contributed by atoms with E-state index >= 15 is 0 Å². The van der Waals surface area contributed by atoms with Gasteiger partial charge in [0, 0.05) is 22.8 Å². The van der Waals surface area contributed by atoms with Crippen molar-refractivity contribution in [2.75, 3.05) is 17.7 Å². The van der Waals surface area contributed by atoms with Crippen LogP contribution in [0.2, 0.25) is 5.15 Å². The summed E-state index contributed by atoms with van der Waals surface area (Å²) in [5, 5.41) is 5.91. The molecule has 2 N–H and O–H groups in total. The number of rotatable bonds is 3. The molecule has 1 aromatic heterocycles. The lowest BCUT2D eigenvalue weighted by Gasteiger charge is -2.07. The molecule has 0 aliphatic carbocycles. The summed E-state index contributed by atoms with van der Waals surface area (Å²) < 4.78 is 0.954. The van der Waals surface area contributed by atoms with Crippen LogP contribution in [0.3, 0.4) is 0 Å². The van der Waals surface area contributed by atoms with Gasteiger partial charge in [0.25, 0.3) is 5.91 Å². The van der Waals surface area contributed by atoms with Crippen LogP contribution >= 0.6 is 27.5 Å². The van der Waals surface area contributed by atoms with Crippen molar-refractivity contribution < 1.29 is 4.79 Å². The van der Waals surface area contributed by atoms with Crippen molar-refractivity contribution in [2.24, 2.45) is 0 Å². The Morgan fingerprint density at radius 3 is 2.58 bits per heavy atom. The van der Waals surface area contributed by atoms with Crippen LogP contribution in [-0.2, 0) is 0 Å². The first-order valence-electron chi connectivity index (χ1n) is 5.51. The quantitative estimate of drug-likeness (QED) is 0.836. The number of halogens is 2. The molecule has 0 saturated carbocycles. The summed E-state index contributed by atoms with van der Waals surface area (Å²) in [6, 6.07) is 10.5. The summed E-state index contributed by atoms with van der Waals surface area (Å²) in [5.74, 6) is 0.316. The van der Waals surface area contributed by atoms with Gasteiger partial charge in [-0.2, -0.15) is 0 Å². The molecule has 2 aromatic rings. The van der Waals surface area contributed by atoms with Crippen molar-refractivity contribution in [3.63, 3.8) is 0 Å². The van der Waals surface area contributed by atoms with Crippen LogP contribution < -0.4 is 10.6 Å².